The third kappa shape index (κ3) is 9.44. The summed E-state index contributed by atoms with van der Waals surface area (Å²) < 4.78 is 0. The van der Waals surface area contributed by atoms with Crippen LogP contribution in [0.15, 0.2) is 82.4 Å². The molecule has 40 heavy (non-hydrogen) atoms. The molecule has 0 heterocycles. The van der Waals surface area contributed by atoms with E-state index in [-0.39, 0.29) is 22.9 Å². The Labute approximate surface area is 240 Å². The van der Waals surface area contributed by atoms with Crippen LogP contribution in [0, 0.1) is 5.41 Å². The third-order valence-electron chi connectivity index (χ3n) is 6.76. The topological polar surface area (TPSA) is 88.1 Å². The Bertz CT molecular complexity index is 1280. The van der Waals surface area contributed by atoms with Crippen LogP contribution in [0.25, 0.3) is 11.1 Å². The van der Waals surface area contributed by atoms with Crippen LogP contribution in [0.3, 0.4) is 0 Å². The van der Waals surface area contributed by atoms with Gasteiger partial charge in [-0.05, 0) is 41.5 Å². The molecule has 2 aromatic rings. The first-order chi connectivity index (χ1) is 18.9. The predicted octanol–water partition coefficient (Wildman–Crippen LogP) is 7.13. The van der Waals surface area contributed by atoms with E-state index in [4.69, 9.17) is 10.7 Å². The van der Waals surface area contributed by atoms with E-state index in [1.165, 1.54) is 6.92 Å². The minimum atomic E-state index is -0.390. The Morgan fingerprint density at radius 3 is 2.23 bits per heavy atom. The molecule has 6 heteroatoms. The molecule has 1 amide bonds. The summed E-state index contributed by atoms with van der Waals surface area (Å²) in [4.78, 5) is 35.1. The number of amides is 1. The standard InChI is InChI=1S/C34H46N4O2/c1-9-12-17-30(37-32(11-3)38(8)23-31(40)34(5,6)7)26(10-2)22-25-18-20-27(21-19-25)28-15-13-14-16-29(28)33(35)36-24(4)39/h10,13-16,18-21H,2,9,11-12,17,22-23H2,1,3-8H3,(H2,35,36,39)/b30-26+,37-32?. The second-order valence-corrected chi connectivity index (χ2v) is 11.1. The van der Waals surface area contributed by atoms with E-state index in [1.807, 2.05) is 63.1 Å². The Balaban J connectivity index is 2.41. The van der Waals surface area contributed by atoms with Crippen LogP contribution in [0.5, 0.6) is 0 Å². The number of unbranched alkanes of at least 4 members (excludes halogenated alkanes) is 1. The van der Waals surface area contributed by atoms with E-state index in [0.717, 1.165) is 65.0 Å². The van der Waals surface area contributed by atoms with Crippen molar-refractivity contribution in [1.82, 2.24) is 4.90 Å². The monoisotopic (exact) mass is 542 g/mol. The molecule has 0 aliphatic heterocycles. The number of nitrogens with two attached hydrogens (primary N) is 1. The fourth-order valence-corrected chi connectivity index (χ4v) is 4.27. The first-order valence-electron chi connectivity index (χ1n) is 14.1. The molecule has 6 nitrogen and oxygen atoms in total. The number of rotatable bonds is 12. The summed E-state index contributed by atoms with van der Waals surface area (Å²) in [7, 11) is 1.95. The Hall–Kier alpha value is -3.80. The number of nitrogens with zero attached hydrogens (tertiary/aromatic N) is 3. The number of ketones is 1. The van der Waals surface area contributed by atoms with E-state index < -0.39 is 0 Å². The van der Waals surface area contributed by atoms with E-state index in [9.17, 15) is 9.59 Å². The normalized spacial score (nSPS) is 13.1. The van der Waals surface area contributed by atoms with Crippen molar-refractivity contribution in [2.24, 2.45) is 21.1 Å². The fraction of sp³-hybridized carbons (Fsp3) is 0.412. The lowest BCUT2D eigenvalue weighted by molar-refractivity contribution is -0.126. The van der Waals surface area contributed by atoms with Gasteiger partial charge in [-0.3, -0.25) is 9.59 Å². The van der Waals surface area contributed by atoms with Gasteiger partial charge in [0.2, 0.25) is 5.91 Å². The molecule has 2 aromatic carbocycles. The molecule has 0 saturated heterocycles. The van der Waals surface area contributed by atoms with Gasteiger partial charge < -0.3 is 10.6 Å². The molecule has 2 N–H and O–H groups in total. The average molecular weight is 543 g/mol. The van der Waals surface area contributed by atoms with Crippen molar-refractivity contribution in [3.8, 4) is 11.1 Å². The lowest BCUT2D eigenvalue weighted by atomic mass is 9.90. The number of carbonyl (C=O) groups is 2. The molecule has 0 spiro atoms. The second-order valence-electron chi connectivity index (χ2n) is 11.1. The number of Topliss-reactive ketones (excluding diaryl/α,β-unsaturated/α-hetero) is 1. The van der Waals surface area contributed by atoms with Gasteiger partial charge in [0.15, 0.2) is 5.78 Å². The number of allylic oxidation sites excluding steroid dienone is 3. The van der Waals surface area contributed by atoms with Crippen molar-refractivity contribution < 1.29 is 9.59 Å². The molecule has 0 aliphatic carbocycles. The van der Waals surface area contributed by atoms with Gasteiger partial charge in [-0.2, -0.15) is 4.99 Å². The Morgan fingerprint density at radius 2 is 1.68 bits per heavy atom. The van der Waals surface area contributed by atoms with Crippen LogP contribution in [-0.2, 0) is 16.0 Å². The van der Waals surface area contributed by atoms with Gasteiger partial charge in [-0.1, -0.05) is 102 Å². The maximum Gasteiger partial charge on any atom is 0.244 e. The molecular formula is C34H46N4O2. The summed E-state index contributed by atoms with van der Waals surface area (Å²) >= 11 is 0. The maximum atomic E-state index is 12.7. The van der Waals surface area contributed by atoms with Crippen LogP contribution >= 0.6 is 0 Å². The summed E-state index contributed by atoms with van der Waals surface area (Å²) in [6.45, 7) is 15.9. The van der Waals surface area contributed by atoms with Gasteiger partial charge in [-0.15, -0.1) is 0 Å². The largest absolute Gasteiger partial charge is 0.383 e. The van der Waals surface area contributed by atoms with E-state index >= 15 is 0 Å². The van der Waals surface area contributed by atoms with Gasteiger partial charge in [0.25, 0.3) is 0 Å². The Kier molecular flexibility index (Phi) is 12.2. The first kappa shape index (κ1) is 32.4. The second kappa shape index (κ2) is 15.1. The lowest BCUT2D eigenvalue weighted by Gasteiger charge is -2.25. The smallest absolute Gasteiger partial charge is 0.244 e. The number of likely N-dealkylation sites (N-methyl/N-ethyl adjacent to an activating group) is 1. The molecule has 0 saturated carbocycles. The summed E-state index contributed by atoms with van der Waals surface area (Å²) in [5.74, 6) is 0.976. The predicted molar refractivity (Wildman–Crippen MR) is 169 cm³/mol. The molecule has 2 rings (SSSR count). The van der Waals surface area contributed by atoms with E-state index in [2.05, 4.69) is 49.7 Å². The highest BCUT2D eigenvalue weighted by Crippen LogP contribution is 2.26. The molecule has 0 aromatic heterocycles. The SMILES string of the molecule is C=C/C(Cc1ccc(-c2ccccc2C(N)=NC(C)=O)cc1)=C(/CCCC)N=C(CC)N(C)CC(=O)C(C)(C)C. The minimum Gasteiger partial charge on any atom is -0.383 e. The summed E-state index contributed by atoms with van der Waals surface area (Å²) in [6.07, 6.45) is 6.28. The fourth-order valence-electron chi connectivity index (χ4n) is 4.27. The highest BCUT2D eigenvalue weighted by atomic mass is 16.1. The third-order valence-corrected chi connectivity index (χ3v) is 6.76. The van der Waals surface area contributed by atoms with Crippen LogP contribution in [0.4, 0.5) is 0 Å². The highest BCUT2D eigenvalue weighted by Gasteiger charge is 2.23. The number of amidine groups is 2. The molecule has 0 fully saturated rings. The zero-order chi connectivity index (χ0) is 29.9. The molecule has 0 radical (unpaired) electrons. The first-order valence-corrected chi connectivity index (χ1v) is 14.1. The average Bonchev–Trinajstić information content (AvgIpc) is 2.91. The quantitative estimate of drug-likeness (QED) is 0.175. The molecule has 0 bridgehead atoms. The number of benzene rings is 2. The van der Waals surface area contributed by atoms with Crippen LogP contribution in [0.2, 0.25) is 0 Å². The summed E-state index contributed by atoms with van der Waals surface area (Å²) in [6, 6.07) is 16.0. The number of aliphatic imine (C=N–C) groups is 2. The van der Waals surface area contributed by atoms with Crippen molar-refractivity contribution >= 4 is 23.4 Å². The van der Waals surface area contributed by atoms with Gasteiger partial charge >= 0.3 is 0 Å². The van der Waals surface area contributed by atoms with E-state index in [0.29, 0.717) is 13.0 Å². The van der Waals surface area contributed by atoms with E-state index in [1.54, 1.807) is 0 Å². The number of carbonyl (C=O) groups excluding carboxylic acids is 2. The van der Waals surface area contributed by atoms with Gasteiger partial charge in [0, 0.05) is 37.1 Å². The number of hydrogen-bond acceptors (Lipinski definition) is 3. The minimum absolute atomic E-state index is 0.190. The maximum absolute atomic E-state index is 12.7. The van der Waals surface area contributed by atoms with Crippen molar-refractivity contribution in [3.05, 3.63) is 83.6 Å². The lowest BCUT2D eigenvalue weighted by Crippen LogP contribution is -2.37. The van der Waals surface area contributed by atoms with Crippen molar-refractivity contribution in [2.75, 3.05) is 13.6 Å². The molecular weight excluding hydrogens is 496 g/mol. The molecule has 0 unspecified atom stereocenters. The van der Waals surface area contributed by atoms with Gasteiger partial charge in [0.1, 0.15) is 11.7 Å². The van der Waals surface area contributed by atoms with Gasteiger partial charge in [0.05, 0.1) is 6.54 Å². The van der Waals surface area contributed by atoms with Crippen LogP contribution in [-0.4, -0.2) is 41.9 Å². The summed E-state index contributed by atoms with van der Waals surface area (Å²) in [5, 5.41) is 0. The van der Waals surface area contributed by atoms with Crippen molar-refractivity contribution in [3.63, 3.8) is 0 Å². The molecule has 0 aliphatic rings. The molecule has 0 atom stereocenters. The van der Waals surface area contributed by atoms with Gasteiger partial charge in [-0.25, -0.2) is 4.99 Å². The van der Waals surface area contributed by atoms with Crippen LogP contribution < -0.4 is 5.73 Å². The molecule has 214 valence electrons. The Morgan fingerprint density at radius 1 is 1.02 bits per heavy atom. The zero-order valence-corrected chi connectivity index (χ0v) is 25.4. The summed E-state index contributed by atoms with van der Waals surface area (Å²) in [5.41, 5.74) is 11.6. The number of hydrogen-bond donors (Lipinski definition) is 1. The zero-order valence-electron chi connectivity index (χ0n) is 25.4. The van der Waals surface area contributed by atoms with Crippen molar-refractivity contribution in [2.45, 2.75) is 73.6 Å². The van der Waals surface area contributed by atoms with Crippen LogP contribution in [0.1, 0.15) is 78.4 Å². The highest BCUT2D eigenvalue weighted by molar-refractivity contribution is 6.07. The van der Waals surface area contributed by atoms with Crippen molar-refractivity contribution in [1.29, 1.82) is 0 Å².